The van der Waals surface area contributed by atoms with Crippen LogP contribution >= 0.6 is 0 Å². The van der Waals surface area contributed by atoms with Crippen molar-refractivity contribution in [3.8, 4) is 0 Å². The lowest BCUT2D eigenvalue weighted by molar-refractivity contribution is -0.139. The fourth-order valence-corrected chi connectivity index (χ4v) is 3.09. The Kier molecular flexibility index (Phi) is 5.76. The highest BCUT2D eigenvalue weighted by Gasteiger charge is 2.23. The molecule has 6 nitrogen and oxygen atoms in total. The van der Waals surface area contributed by atoms with Crippen molar-refractivity contribution in [1.29, 1.82) is 0 Å². The summed E-state index contributed by atoms with van der Waals surface area (Å²) in [4.78, 5) is 26.4. The number of nitrogens with zero attached hydrogens (tertiary/aromatic N) is 1. The second-order valence-corrected chi connectivity index (χ2v) is 6.73. The number of carboxylic acid groups (broad SMARTS) is 1. The molecule has 2 aromatic carbocycles. The molecule has 1 amide bonds. The van der Waals surface area contributed by atoms with E-state index >= 15 is 0 Å². The van der Waals surface area contributed by atoms with Crippen molar-refractivity contribution in [3.05, 3.63) is 64.7 Å². The van der Waals surface area contributed by atoms with Crippen LogP contribution in [0.15, 0.2) is 42.5 Å². The number of ether oxygens (including phenoxy) is 1. The predicted octanol–water partition coefficient (Wildman–Crippen LogP) is 2.70. The van der Waals surface area contributed by atoms with Crippen molar-refractivity contribution < 1.29 is 19.4 Å². The minimum atomic E-state index is -1.09. The maximum absolute atomic E-state index is 12.6. The topological polar surface area (TPSA) is 78.9 Å². The number of benzene rings is 2. The number of amides is 1. The average molecular weight is 368 g/mol. The maximum atomic E-state index is 12.6. The van der Waals surface area contributed by atoms with Crippen LogP contribution in [0.1, 0.15) is 33.1 Å². The Morgan fingerprint density at radius 2 is 1.70 bits per heavy atom. The number of carboxylic acids is 1. The van der Waals surface area contributed by atoms with Crippen LogP contribution in [0.25, 0.3) is 0 Å². The molecular weight excluding hydrogens is 344 g/mol. The van der Waals surface area contributed by atoms with Gasteiger partial charge in [0.05, 0.1) is 13.2 Å². The van der Waals surface area contributed by atoms with Crippen molar-refractivity contribution in [2.24, 2.45) is 0 Å². The predicted molar refractivity (Wildman–Crippen MR) is 103 cm³/mol. The zero-order valence-corrected chi connectivity index (χ0v) is 15.6. The molecule has 2 N–H and O–H groups in total. The highest BCUT2D eigenvalue weighted by Crippen LogP contribution is 2.20. The highest BCUT2D eigenvalue weighted by molar-refractivity contribution is 5.97. The van der Waals surface area contributed by atoms with Gasteiger partial charge in [0.25, 0.3) is 5.91 Å². The van der Waals surface area contributed by atoms with Gasteiger partial charge in [-0.15, -0.1) is 0 Å². The molecule has 0 saturated carbocycles. The highest BCUT2D eigenvalue weighted by atomic mass is 16.5. The van der Waals surface area contributed by atoms with Crippen LogP contribution in [0.4, 0.5) is 5.69 Å². The molecule has 1 fully saturated rings. The van der Waals surface area contributed by atoms with Crippen LogP contribution in [-0.4, -0.2) is 43.3 Å². The smallest absolute Gasteiger partial charge is 0.330 e. The molecule has 2 aromatic rings. The summed E-state index contributed by atoms with van der Waals surface area (Å²) in [7, 11) is 0. The maximum Gasteiger partial charge on any atom is 0.330 e. The van der Waals surface area contributed by atoms with Gasteiger partial charge in [0.2, 0.25) is 0 Å². The zero-order valence-electron chi connectivity index (χ0n) is 15.6. The number of rotatable bonds is 5. The Hall–Kier alpha value is -2.86. The first-order valence-corrected chi connectivity index (χ1v) is 8.99. The van der Waals surface area contributed by atoms with Gasteiger partial charge in [0.1, 0.15) is 0 Å². The van der Waals surface area contributed by atoms with Crippen LogP contribution < -0.4 is 10.2 Å². The van der Waals surface area contributed by atoms with Crippen LogP contribution in [0.5, 0.6) is 0 Å². The van der Waals surface area contributed by atoms with E-state index in [1.807, 2.05) is 32.0 Å². The van der Waals surface area contributed by atoms with Gasteiger partial charge in [-0.05, 0) is 54.8 Å². The summed E-state index contributed by atoms with van der Waals surface area (Å²) in [6.45, 7) is 6.91. The molecule has 0 radical (unpaired) electrons. The SMILES string of the molecule is Cc1ccc(C(NC(=O)c2ccc(N3CCOCC3)cc2)C(=O)O)cc1C. The normalized spacial score (nSPS) is 15.3. The largest absolute Gasteiger partial charge is 0.479 e. The van der Waals surface area contributed by atoms with Crippen LogP contribution in [0.3, 0.4) is 0 Å². The lowest BCUT2D eigenvalue weighted by Gasteiger charge is -2.28. The summed E-state index contributed by atoms with van der Waals surface area (Å²) in [6.07, 6.45) is 0. The van der Waals surface area contributed by atoms with E-state index in [1.54, 1.807) is 24.3 Å². The van der Waals surface area contributed by atoms with E-state index in [2.05, 4.69) is 10.2 Å². The second-order valence-electron chi connectivity index (χ2n) is 6.73. The van der Waals surface area contributed by atoms with Crippen molar-refractivity contribution in [3.63, 3.8) is 0 Å². The lowest BCUT2D eigenvalue weighted by atomic mass is 10.0. The molecule has 0 spiro atoms. The molecule has 1 saturated heterocycles. The lowest BCUT2D eigenvalue weighted by Crippen LogP contribution is -2.36. The molecule has 1 aliphatic heterocycles. The number of anilines is 1. The summed E-state index contributed by atoms with van der Waals surface area (Å²) >= 11 is 0. The van der Waals surface area contributed by atoms with Crippen LogP contribution in [-0.2, 0) is 9.53 Å². The Balaban J connectivity index is 1.73. The zero-order chi connectivity index (χ0) is 19.4. The van der Waals surface area contributed by atoms with Gasteiger partial charge in [-0.1, -0.05) is 18.2 Å². The summed E-state index contributed by atoms with van der Waals surface area (Å²) in [6, 6.07) is 11.5. The fraction of sp³-hybridized carbons (Fsp3) is 0.333. The summed E-state index contributed by atoms with van der Waals surface area (Å²) in [5.41, 5.74) is 4.08. The molecule has 0 aliphatic carbocycles. The van der Waals surface area contributed by atoms with Gasteiger partial charge >= 0.3 is 5.97 Å². The van der Waals surface area contributed by atoms with E-state index in [-0.39, 0.29) is 0 Å². The van der Waals surface area contributed by atoms with Gasteiger partial charge in [-0.3, -0.25) is 4.79 Å². The molecule has 1 unspecified atom stereocenters. The van der Waals surface area contributed by atoms with Crippen molar-refractivity contribution >= 4 is 17.6 Å². The summed E-state index contributed by atoms with van der Waals surface area (Å²) in [5, 5.41) is 12.2. The number of carbonyl (C=O) groups excluding carboxylic acids is 1. The molecule has 3 rings (SSSR count). The molecule has 1 heterocycles. The number of carbonyl (C=O) groups is 2. The van der Waals surface area contributed by atoms with Crippen LogP contribution in [0.2, 0.25) is 0 Å². The Morgan fingerprint density at radius 1 is 1.04 bits per heavy atom. The fourth-order valence-electron chi connectivity index (χ4n) is 3.09. The van der Waals surface area contributed by atoms with Crippen molar-refractivity contribution in [1.82, 2.24) is 5.32 Å². The van der Waals surface area contributed by atoms with Gasteiger partial charge in [-0.2, -0.15) is 0 Å². The van der Waals surface area contributed by atoms with E-state index in [0.717, 1.165) is 29.9 Å². The van der Waals surface area contributed by atoms with Crippen LogP contribution in [0, 0.1) is 13.8 Å². The number of aryl methyl sites for hydroxylation is 2. The van der Waals surface area contributed by atoms with Gasteiger partial charge in [-0.25, -0.2) is 4.79 Å². The standard InChI is InChI=1S/C21H24N2O4/c1-14-3-4-17(13-15(14)2)19(21(25)26)22-20(24)16-5-7-18(8-6-16)23-9-11-27-12-10-23/h3-8,13,19H,9-12H2,1-2H3,(H,22,24)(H,25,26). The third-order valence-corrected chi connectivity index (χ3v) is 4.89. The quantitative estimate of drug-likeness (QED) is 0.848. The first-order chi connectivity index (χ1) is 13.0. The molecule has 1 aliphatic rings. The number of nitrogens with one attached hydrogen (secondary N) is 1. The first kappa shape index (κ1) is 18.9. The first-order valence-electron chi connectivity index (χ1n) is 8.99. The van der Waals surface area contributed by atoms with E-state index in [0.29, 0.717) is 24.3 Å². The average Bonchev–Trinajstić information content (AvgIpc) is 2.69. The Bertz CT molecular complexity index is 827. The number of hydrogen-bond acceptors (Lipinski definition) is 4. The third-order valence-electron chi connectivity index (χ3n) is 4.89. The minimum Gasteiger partial charge on any atom is -0.479 e. The monoisotopic (exact) mass is 368 g/mol. The molecule has 6 heteroatoms. The summed E-state index contributed by atoms with van der Waals surface area (Å²) in [5.74, 6) is -1.49. The van der Waals surface area contributed by atoms with E-state index < -0.39 is 17.9 Å². The van der Waals surface area contributed by atoms with E-state index in [4.69, 9.17) is 4.74 Å². The van der Waals surface area contributed by atoms with Crippen molar-refractivity contribution in [2.75, 3.05) is 31.2 Å². The molecule has 0 bridgehead atoms. The number of morpholine rings is 1. The van der Waals surface area contributed by atoms with Gasteiger partial charge in [0.15, 0.2) is 6.04 Å². The van der Waals surface area contributed by atoms with Gasteiger partial charge < -0.3 is 20.1 Å². The second kappa shape index (κ2) is 8.22. The Labute approximate surface area is 158 Å². The number of hydrogen-bond donors (Lipinski definition) is 2. The minimum absolute atomic E-state index is 0.408. The van der Waals surface area contributed by atoms with E-state index in [9.17, 15) is 14.7 Å². The number of aliphatic carboxylic acids is 1. The molecule has 27 heavy (non-hydrogen) atoms. The van der Waals surface area contributed by atoms with Gasteiger partial charge in [0, 0.05) is 24.3 Å². The molecule has 0 aromatic heterocycles. The molecule has 1 atom stereocenters. The summed E-state index contributed by atoms with van der Waals surface area (Å²) < 4.78 is 5.35. The Morgan fingerprint density at radius 3 is 2.30 bits per heavy atom. The van der Waals surface area contributed by atoms with E-state index in [1.165, 1.54) is 0 Å². The third kappa shape index (κ3) is 4.46. The molecular formula is C21H24N2O4. The van der Waals surface area contributed by atoms with Crippen molar-refractivity contribution in [2.45, 2.75) is 19.9 Å². The molecule has 142 valence electrons.